The van der Waals surface area contributed by atoms with E-state index in [1.807, 2.05) is 0 Å². The molecule has 0 bridgehead atoms. The third kappa shape index (κ3) is 5.10. The maximum atomic E-state index is 12.8. The summed E-state index contributed by atoms with van der Waals surface area (Å²) < 4.78 is 64.0. The minimum absolute atomic E-state index is 0.0549. The van der Waals surface area contributed by atoms with Crippen LogP contribution in [0.5, 0.6) is 11.5 Å². The van der Waals surface area contributed by atoms with Crippen LogP contribution in [0.25, 0.3) is 0 Å². The molecular weight excluding hydrogens is 487 g/mol. The molecule has 0 atom stereocenters. The van der Waals surface area contributed by atoms with Gasteiger partial charge in [0.15, 0.2) is 0 Å². The first kappa shape index (κ1) is 25.7. The maximum Gasteiger partial charge on any atom is 0.246 e. The highest BCUT2D eigenvalue weighted by Crippen LogP contribution is 2.39. The lowest BCUT2D eigenvalue weighted by molar-refractivity contribution is 0.391. The summed E-state index contributed by atoms with van der Waals surface area (Å²) in [5, 5.41) is 0.358. The van der Waals surface area contributed by atoms with Gasteiger partial charge in [0.1, 0.15) is 21.3 Å². The van der Waals surface area contributed by atoms with E-state index in [1.54, 1.807) is 12.1 Å². The van der Waals surface area contributed by atoms with E-state index in [9.17, 15) is 16.8 Å². The molecule has 12 heteroatoms. The third-order valence-electron chi connectivity index (χ3n) is 4.50. The van der Waals surface area contributed by atoms with Crippen molar-refractivity contribution in [3.8, 4) is 11.5 Å². The fourth-order valence-electron chi connectivity index (χ4n) is 2.95. The molecule has 0 unspecified atom stereocenters. The van der Waals surface area contributed by atoms with Gasteiger partial charge in [-0.1, -0.05) is 23.2 Å². The quantitative estimate of drug-likeness (QED) is 0.541. The molecule has 0 saturated heterocycles. The zero-order valence-electron chi connectivity index (χ0n) is 17.9. The van der Waals surface area contributed by atoms with E-state index < -0.39 is 20.0 Å². The van der Waals surface area contributed by atoms with Gasteiger partial charge in [0.25, 0.3) is 0 Å². The molecule has 0 aliphatic carbocycles. The van der Waals surface area contributed by atoms with E-state index in [-0.39, 0.29) is 37.8 Å². The van der Waals surface area contributed by atoms with Crippen molar-refractivity contribution in [2.75, 3.05) is 42.4 Å². The molecule has 0 radical (unpaired) electrons. The van der Waals surface area contributed by atoms with Gasteiger partial charge in [-0.15, -0.1) is 0 Å². The first-order valence-electron chi connectivity index (χ1n) is 8.85. The molecule has 172 valence electrons. The number of hydrogen-bond acceptors (Lipinski definition) is 6. The second-order valence-corrected chi connectivity index (χ2v) is 12.1. The molecule has 2 rings (SSSR count). The highest BCUT2D eigenvalue weighted by atomic mass is 35.5. The summed E-state index contributed by atoms with van der Waals surface area (Å²) in [4.78, 5) is -0.214. The number of ether oxygens (including phenoxy) is 2. The second kappa shape index (κ2) is 9.51. The number of sulfonamides is 2. The van der Waals surface area contributed by atoms with Crippen LogP contribution in [0.2, 0.25) is 10.0 Å². The highest BCUT2D eigenvalue weighted by molar-refractivity contribution is 7.89. The minimum atomic E-state index is -3.86. The van der Waals surface area contributed by atoms with Gasteiger partial charge in [-0.2, -0.15) is 0 Å². The van der Waals surface area contributed by atoms with Crippen LogP contribution in [0.1, 0.15) is 11.1 Å². The predicted octanol–water partition coefficient (Wildman–Crippen LogP) is 3.10. The lowest BCUT2D eigenvalue weighted by Crippen LogP contribution is -2.23. The van der Waals surface area contributed by atoms with Gasteiger partial charge in [0.05, 0.1) is 14.2 Å². The van der Waals surface area contributed by atoms with Crippen LogP contribution in [-0.4, -0.2) is 67.9 Å². The largest absolute Gasteiger partial charge is 0.495 e. The summed E-state index contributed by atoms with van der Waals surface area (Å²) in [6.45, 7) is 0. The van der Waals surface area contributed by atoms with Gasteiger partial charge in [-0.25, -0.2) is 25.4 Å². The normalized spacial score (nSPS) is 12.5. The van der Waals surface area contributed by atoms with E-state index in [4.69, 9.17) is 32.7 Å². The van der Waals surface area contributed by atoms with Gasteiger partial charge in [0, 0.05) is 55.8 Å². The average molecular weight is 511 g/mol. The number of hydrogen-bond donors (Lipinski definition) is 0. The molecule has 31 heavy (non-hydrogen) atoms. The standard InChI is InChI=1S/C19H24Cl2N2O6S2/c1-22(2)30(24,25)16-10-14(20)8-12(18(16)28-5)7-13-9-15(21)11-17(19(13)29-6)31(26,27)23(3)4/h8-11H,7H2,1-6H3. The first-order chi connectivity index (χ1) is 14.3. The van der Waals surface area contributed by atoms with Crippen molar-refractivity contribution >= 4 is 43.2 Å². The molecular formula is C19H24Cl2N2O6S2. The molecule has 2 aromatic carbocycles. The first-order valence-corrected chi connectivity index (χ1v) is 12.5. The second-order valence-electron chi connectivity index (χ2n) is 6.94. The summed E-state index contributed by atoms with van der Waals surface area (Å²) in [7, 11) is 0.559. The Balaban J connectivity index is 2.78. The van der Waals surface area contributed by atoms with Gasteiger partial charge < -0.3 is 9.47 Å². The van der Waals surface area contributed by atoms with Crippen molar-refractivity contribution in [2.24, 2.45) is 0 Å². The summed E-state index contributed by atoms with van der Waals surface area (Å²) in [6.07, 6.45) is 0.0549. The Morgan fingerprint density at radius 2 is 1.03 bits per heavy atom. The molecule has 0 aliphatic heterocycles. The van der Waals surface area contributed by atoms with E-state index >= 15 is 0 Å². The SMILES string of the molecule is COc1c(Cc2cc(Cl)cc(S(=O)(=O)N(C)C)c2OC)cc(Cl)cc1S(=O)(=O)N(C)C. The zero-order chi connectivity index (χ0) is 23.7. The number of methoxy groups -OCH3 is 2. The fourth-order valence-corrected chi connectivity index (χ4v) is 5.80. The van der Waals surface area contributed by atoms with Crippen molar-refractivity contribution in [2.45, 2.75) is 16.2 Å². The number of nitrogens with zero attached hydrogens (tertiary/aromatic N) is 2. The maximum absolute atomic E-state index is 12.8. The Labute approximate surface area is 193 Å². The molecule has 0 aliphatic rings. The Bertz CT molecular complexity index is 1100. The Morgan fingerprint density at radius 1 is 0.710 bits per heavy atom. The van der Waals surface area contributed by atoms with Crippen molar-refractivity contribution in [1.82, 2.24) is 8.61 Å². The van der Waals surface area contributed by atoms with Gasteiger partial charge >= 0.3 is 0 Å². The molecule has 0 heterocycles. The van der Waals surface area contributed by atoms with Crippen LogP contribution in [0.15, 0.2) is 34.1 Å². The van der Waals surface area contributed by atoms with Crippen LogP contribution < -0.4 is 9.47 Å². The molecule has 0 fully saturated rings. The van der Waals surface area contributed by atoms with Crippen molar-refractivity contribution in [3.63, 3.8) is 0 Å². The summed E-state index contributed by atoms with van der Waals surface area (Å²) in [6, 6.07) is 5.71. The lowest BCUT2D eigenvalue weighted by Gasteiger charge is -2.20. The third-order valence-corrected chi connectivity index (χ3v) is 8.58. The van der Waals surface area contributed by atoms with Gasteiger partial charge in [-0.05, 0) is 24.3 Å². The summed E-state index contributed by atoms with van der Waals surface area (Å²) in [5.41, 5.74) is 0.841. The van der Waals surface area contributed by atoms with E-state index in [1.165, 1.54) is 54.5 Å². The summed E-state index contributed by atoms with van der Waals surface area (Å²) >= 11 is 12.4. The monoisotopic (exact) mass is 510 g/mol. The van der Waals surface area contributed by atoms with Crippen LogP contribution in [0.4, 0.5) is 0 Å². The van der Waals surface area contributed by atoms with Crippen LogP contribution in [0.3, 0.4) is 0 Å². The average Bonchev–Trinajstić information content (AvgIpc) is 2.66. The molecule has 0 amide bonds. The zero-order valence-corrected chi connectivity index (χ0v) is 21.1. The predicted molar refractivity (Wildman–Crippen MR) is 121 cm³/mol. The smallest absolute Gasteiger partial charge is 0.246 e. The Kier molecular flexibility index (Phi) is 7.89. The van der Waals surface area contributed by atoms with Crippen LogP contribution in [-0.2, 0) is 26.5 Å². The summed E-state index contributed by atoms with van der Waals surface area (Å²) in [5.74, 6) is 0.189. The Morgan fingerprint density at radius 3 is 1.29 bits per heavy atom. The molecule has 0 aromatic heterocycles. The van der Waals surface area contributed by atoms with Crippen molar-refractivity contribution in [3.05, 3.63) is 45.4 Å². The van der Waals surface area contributed by atoms with E-state index in [0.717, 1.165) is 8.61 Å². The molecule has 0 spiro atoms. The fraction of sp³-hybridized carbons (Fsp3) is 0.368. The molecule has 2 aromatic rings. The molecule has 8 nitrogen and oxygen atoms in total. The van der Waals surface area contributed by atoms with E-state index in [0.29, 0.717) is 11.1 Å². The number of halogens is 2. The molecule has 0 saturated carbocycles. The van der Waals surface area contributed by atoms with Gasteiger partial charge in [-0.3, -0.25) is 0 Å². The molecule has 0 N–H and O–H groups in total. The van der Waals surface area contributed by atoms with Crippen LogP contribution in [0, 0.1) is 0 Å². The lowest BCUT2D eigenvalue weighted by atomic mass is 10.0. The van der Waals surface area contributed by atoms with Crippen molar-refractivity contribution < 1.29 is 26.3 Å². The minimum Gasteiger partial charge on any atom is -0.495 e. The van der Waals surface area contributed by atoms with Crippen LogP contribution >= 0.6 is 23.2 Å². The number of rotatable bonds is 8. The number of benzene rings is 2. The Hall–Kier alpha value is -1.56. The highest BCUT2D eigenvalue weighted by Gasteiger charge is 2.28. The van der Waals surface area contributed by atoms with E-state index in [2.05, 4.69) is 0 Å². The van der Waals surface area contributed by atoms with Crippen molar-refractivity contribution in [1.29, 1.82) is 0 Å². The van der Waals surface area contributed by atoms with Gasteiger partial charge in [0.2, 0.25) is 20.0 Å². The topological polar surface area (TPSA) is 93.2 Å².